The Balaban J connectivity index is 0.000000902. The zero-order valence-electron chi connectivity index (χ0n) is 20.0. The SMILES string of the molecule is CC.CC12CCC3(CC1=CCC1C2C(O)CC24C1CCC2C1(C)OCCC14)OCCO3. The van der Waals surface area contributed by atoms with E-state index in [1.165, 1.54) is 24.8 Å². The third-order valence-electron chi connectivity index (χ3n) is 11.3. The molecule has 0 bridgehead atoms. The van der Waals surface area contributed by atoms with Gasteiger partial charge in [-0.2, -0.15) is 0 Å². The molecule has 0 amide bonds. The molecule has 6 fully saturated rings. The van der Waals surface area contributed by atoms with Crippen LogP contribution < -0.4 is 0 Å². The molecule has 0 aromatic rings. The van der Waals surface area contributed by atoms with Gasteiger partial charge in [0, 0.05) is 19.4 Å². The largest absolute Gasteiger partial charge is 0.393 e. The normalized spacial score (nSPS) is 55.6. The zero-order valence-corrected chi connectivity index (χ0v) is 20.0. The highest BCUT2D eigenvalue weighted by atomic mass is 16.7. The first-order valence-electron chi connectivity index (χ1n) is 13.2. The lowest BCUT2D eigenvalue weighted by Crippen LogP contribution is -2.71. The number of ether oxygens (including phenoxy) is 3. The summed E-state index contributed by atoms with van der Waals surface area (Å²) in [7, 11) is 0. The lowest BCUT2D eigenvalue weighted by atomic mass is 9.36. The molecule has 4 saturated carbocycles. The molecule has 7 rings (SSSR count). The van der Waals surface area contributed by atoms with Gasteiger partial charge >= 0.3 is 0 Å². The highest BCUT2D eigenvalue weighted by Crippen LogP contribution is 2.79. The van der Waals surface area contributed by atoms with Crippen molar-refractivity contribution in [2.45, 2.75) is 96.6 Å². The van der Waals surface area contributed by atoms with Crippen molar-refractivity contribution in [3.63, 3.8) is 0 Å². The molecule has 0 radical (unpaired) electrons. The van der Waals surface area contributed by atoms with Crippen molar-refractivity contribution in [3.8, 4) is 0 Å². The monoisotopic (exact) mass is 430 g/mol. The Bertz CT molecular complexity index is 761. The van der Waals surface area contributed by atoms with Crippen LogP contribution in [0.1, 0.15) is 79.1 Å². The summed E-state index contributed by atoms with van der Waals surface area (Å²) < 4.78 is 18.4. The molecule has 9 atom stereocenters. The van der Waals surface area contributed by atoms with Crippen LogP contribution in [0, 0.1) is 40.4 Å². The van der Waals surface area contributed by atoms with Crippen LogP contribution in [0.5, 0.6) is 0 Å². The van der Waals surface area contributed by atoms with Crippen LogP contribution in [0.25, 0.3) is 0 Å². The van der Waals surface area contributed by atoms with E-state index in [2.05, 4.69) is 19.9 Å². The highest BCUT2D eigenvalue weighted by molar-refractivity contribution is 5.31. The Labute approximate surface area is 188 Å². The number of hydrogen-bond acceptors (Lipinski definition) is 4. The minimum Gasteiger partial charge on any atom is -0.393 e. The summed E-state index contributed by atoms with van der Waals surface area (Å²) in [6, 6.07) is 0. The van der Waals surface area contributed by atoms with Gasteiger partial charge in [0.25, 0.3) is 0 Å². The molecule has 2 heterocycles. The van der Waals surface area contributed by atoms with E-state index < -0.39 is 0 Å². The Morgan fingerprint density at radius 1 is 0.935 bits per heavy atom. The molecule has 1 N–H and O–H groups in total. The minimum absolute atomic E-state index is 0.106. The van der Waals surface area contributed by atoms with Crippen LogP contribution in [0.3, 0.4) is 0 Å². The van der Waals surface area contributed by atoms with Crippen molar-refractivity contribution in [3.05, 3.63) is 11.6 Å². The number of aliphatic hydroxyl groups excluding tert-OH is 1. The van der Waals surface area contributed by atoms with Crippen molar-refractivity contribution < 1.29 is 19.3 Å². The molecule has 4 nitrogen and oxygen atoms in total. The quantitative estimate of drug-likeness (QED) is 0.544. The van der Waals surface area contributed by atoms with Gasteiger partial charge in [-0.15, -0.1) is 0 Å². The molecular weight excluding hydrogens is 388 g/mol. The maximum atomic E-state index is 11.7. The van der Waals surface area contributed by atoms with Crippen LogP contribution in [0.4, 0.5) is 0 Å². The van der Waals surface area contributed by atoms with Gasteiger partial charge in [0.05, 0.1) is 24.9 Å². The van der Waals surface area contributed by atoms with Crippen molar-refractivity contribution in [1.29, 1.82) is 0 Å². The summed E-state index contributed by atoms with van der Waals surface area (Å²) in [6.45, 7) is 11.2. The second kappa shape index (κ2) is 6.81. The van der Waals surface area contributed by atoms with E-state index in [1.807, 2.05) is 13.8 Å². The Hall–Kier alpha value is -0.420. The predicted molar refractivity (Wildman–Crippen MR) is 119 cm³/mol. The van der Waals surface area contributed by atoms with E-state index in [0.717, 1.165) is 57.8 Å². The first-order chi connectivity index (χ1) is 14.9. The molecule has 4 heteroatoms. The highest BCUT2D eigenvalue weighted by Gasteiger charge is 2.78. The summed E-state index contributed by atoms with van der Waals surface area (Å²) in [5.41, 5.74) is 2.09. The standard InChI is InChI=1S/C25H36O4.C2H6/c1-22-8-9-24(28-11-12-29-24)13-15(22)3-4-16-17-5-6-19-23(2)20(7-10-27-23)25(17,19)14-18(26)21(16)22;1-2/h3,16-21,26H,4-14H2,1-2H3;1-2H3. The van der Waals surface area contributed by atoms with Crippen LogP contribution in [0.15, 0.2) is 11.6 Å². The zero-order chi connectivity index (χ0) is 21.6. The van der Waals surface area contributed by atoms with E-state index >= 15 is 0 Å². The Morgan fingerprint density at radius 3 is 2.45 bits per heavy atom. The topological polar surface area (TPSA) is 47.9 Å². The van der Waals surface area contributed by atoms with Gasteiger partial charge < -0.3 is 19.3 Å². The van der Waals surface area contributed by atoms with Gasteiger partial charge in [0.15, 0.2) is 5.79 Å². The first-order valence-corrected chi connectivity index (χ1v) is 13.2. The average molecular weight is 431 g/mol. The number of aliphatic hydroxyl groups is 1. The Kier molecular flexibility index (Phi) is 4.64. The summed E-state index contributed by atoms with van der Waals surface area (Å²) in [5, 5.41) is 11.7. The maximum absolute atomic E-state index is 11.7. The van der Waals surface area contributed by atoms with Gasteiger partial charge in [0.1, 0.15) is 0 Å². The molecular formula is C27H42O4. The van der Waals surface area contributed by atoms with Gasteiger partial charge in [-0.05, 0) is 85.9 Å². The number of hydrogen-bond donors (Lipinski definition) is 1. The fourth-order valence-electron chi connectivity index (χ4n) is 10.5. The molecule has 7 aliphatic rings. The van der Waals surface area contributed by atoms with Gasteiger partial charge in [-0.1, -0.05) is 32.4 Å². The smallest absolute Gasteiger partial charge is 0.172 e. The summed E-state index contributed by atoms with van der Waals surface area (Å²) in [6.07, 6.45) is 11.4. The van der Waals surface area contributed by atoms with E-state index in [-0.39, 0.29) is 22.9 Å². The minimum atomic E-state index is -0.367. The predicted octanol–water partition coefficient (Wildman–Crippen LogP) is 5.09. The number of rotatable bonds is 0. The van der Waals surface area contributed by atoms with E-state index in [4.69, 9.17) is 14.2 Å². The van der Waals surface area contributed by atoms with Crippen LogP contribution >= 0.6 is 0 Å². The van der Waals surface area contributed by atoms with E-state index in [9.17, 15) is 5.11 Å². The van der Waals surface area contributed by atoms with Gasteiger partial charge in [0.2, 0.25) is 0 Å². The molecule has 2 saturated heterocycles. The maximum Gasteiger partial charge on any atom is 0.172 e. The number of fused-ring (bicyclic) bond motifs is 6. The van der Waals surface area contributed by atoms with Gasteiger partial charge in [-0.25, -0.2) is 0 Å². The van der Waals surface area contributed by atoms with E-state index in [0.29, 0.717) is 29.1 Å². The molecule has 174 valence electrons. The third kappa shape index (κ3) is 2.41. The second-order valence-electron chi connectivity index (χ2n) is 11.9. The lowest BCUT2D eigenvalue weighted by Gasteiger charge is -2.70. The molecule has 31 heavy (non-hydrogen) atoms. The van der Waals surface area contributed by atoms with Crippen molar-refractivity contribution in [1.82, 2.24) is 0 Å². The molecule has 9 unspecified atom stereocenters. The fraction of sp³-hybridized carbons (Fsp3) is 0.926. The van der Waals surface area contributed by atoms with Gasteiger partial charge in [-0.3, -0.25) is 0 Å². The summed E-state index contributed by atoms with van der Waals surface area (Å²) >= 11 is 0. The third-order valence-corrected chi connectivity index (χ3v) is 11.3. The summed E-state index contributed by atoms with van der Waals surface area (Å²) in [5.74, 6) is 2.82. The van der Waals surface area contributed by atoms with Crippen molar-refractivity contribution >= 4 is 0 Å². The molecule has 5 aliphatic carbocycles. The average Bonchev–Trinajstić information content (AvgIpc) is 3.46. The second-order valence-corrected chi connectivity index (χ2v) is 11.9. The molecule has 0 aromatic heterocycles. The molecule has 0 aromatic carbocycles. The van der Waals surface area contributed by atoms with Crippen molar-refractivity contribution in [2.75, 3.05) is 19.8 Å². The fourth-order valence-corrected chi connectivity index (χ4v) is 10.5. The van der Waals surface area contributed by atoms with Crippen LogP contribution in [0.2, 0.25) is 0 Å². The first kappa shape index (κ1) is 21.1. The summed E-state index contributed by atoms with van der Waals surface area (Å²) in [4.78, 5) is 0. The lowest BCUT2D eigenvalue weighted by molar-refractivity contribution is -0.269. The van der Waals surface area contributed by atoms with E-state index in [1.54, 1.807) is 0 Å². The van der Waals surface area contributed by atoms with Crippen LogP contribution in [-0.4, -0.2) is 42.4 Å². The molecule has 2 spiro atoms. The van der Waals surface area contributed by atoms with Crippen LogP contribution in [-0.2, 0) is 14.2 Å². The molecule has 2 aliphatic heterocycles. The Morgan fingerprint density at radius 2 is 1.68 bits per heavy atom. The number of allylic oxidation sites excluding steroid dienone is 1. The van der Waals surface area contributed by atoms with Crippen molar-refractivity contribution in [2.24, 2.45) is 40.4 Å².